The maximum absolute atomic E-state index is 8.58. The summed E-state index contributed by atoms with van der Waals surface area (Å²) in [5, 5.41) is 18.0. The molecule has 0 atom stereocenters. The Morgan fingerprint density at radius 2 is 1.41 bits per heavy atom. The van der Waals surface area contributed by atoms with E-state index >= 15 is 0 Å². The lowest BCUT2D eigenvalue weighted by Crippen LogP contribution is -2.29. The van der Waals surface area contributed by atoms with Crippen molar-refractivity contribution in [1.82, 2.24) is 0 Å². The predicted octanol–water partition coefficient (Wildman–Crippen LogP) is 2.01. The highest BCUT2D eigenvalue weighted by Crippen LogP contribution is 2.07. The lowest BCUT2D eigenvalue weighted by molar-refractivity contribution is 0.426. The third-order valence-corrected chi connectivity index (χ3v) is 2.36. The van der Waals surface area contributed by atoms with Gasteiger partial charge in [0.15, 0.2) is 0 Å². The first kappa shape index (κ1) is 13.8. The van der Waals surface area contributed by atoms with Crippen LogP contribution in [0.1, 0.15) is 5.56 Å². The van der Waals surface area contributed by atoms with E-state index in [4.69, 9.17) is 21.6 Å². The Bertz CT molecular complexity index is 408. The fourth-order valence-electron chi connectivity index (χ4n) is 1.16. The van der Waals surface area contributed by atoms with Crippen molar-refractivity contribution in [3.63, 3.8) is 0 Å². The second-order valence-corrected chi connectivity index (χ2v) is 4.02. The van der Waals surface area contributed by atoms with Gasteiger partial charge in [0.25, 0.3) is 0 Å². The van der Waals surface area contributed by atoms with Gasteiger partial charge < -0.3 is 10.0 Å². The van der Waals surface area contributed by atoms with Crippen LogP contribution in [-0.4, -0.2) is 17.2 Å². The van der Waals surface area contributed by atoms with Crippen LogP contribution < -0.4 is 5.46 Å². The highest BCUT2D eigenvalue weighted by Gasteiger charge is 2.07. The molecule has 0 aliphatic carbocycles. The van der Waals surface area contributed by atoms with E-state index in [1.165, 1.54) is 5.56 Å². The van der Waals surface area contributed by atoms with E-state index in [1.54, 1.807) is 24.3 Å². The van der Waals surface area contributed by atoms with E-state index in [2.05, 4.69) is 0 Å². The minimum Gasteiger partial charge on any atom is -0.423 e. The van der Waals surface area contributed by atoms with Crippen molar-refractivity contribution in [2.75, 3.05) is 0 Å². The van der Waals surface area contributed by atoms with Crippen molar-refractivity contribution in [2.24, 2.45) is 0 Å². The quantitative estimate of drug-likeness (QED) is 0.758. The van der Waals surface area contributed by atoms with Crippen LogP contribution in [0.5, 0.6) is 0 Å². The van der Waals surface area contributed by atoms with Crippen LogP contribution in [0, 0.1) is 6.92 Å². The van der Waals surface area contributed by atoms with Gasteiger partial charge >= 0.3 is 7.12 Å². The Labute approximate surface area is 107 Å². The van der Waals surface area contributed by atoms with Crippen molar-refractivity contribution in [3.05, 3.63) is 65.2 Å². The van der Waals surface area contributed by atoms with Gasteiger partial charge in [0.2, 0.25) is 0 Å². The molecule has 0 aliphatic heterocycles. The maximum Gasteiger partial charge on any atom is 0.488 e. The van der Waals surface area contributed by atoms with Crippen LogP contribution in [-0.2, 0) is 0 Å². The molecule has 0 heterocycles. The minimum absolute atomic E-state index is 0.525. The molecular formula is C13H14BClO2. The summed E-state index contributed by atoms with van der Waals surface area (Å²) in [5.74, 6) is 0. The molecule has 0 aromatic heterocycles. The smallest absolute Gasteiger partial charge is 0.423 e. The van der Waals surface area contributed by atoms with Crippen LogP contribution in [0.15, 0.2) is 54.6 Å². The summed E-state index contributed by atoms with van der Waals surface area (Å²) in [5.41, 5.74) is 1.77. The average Bonchev–Trinajstić information content (AvgIpc) is 2.35. The number of hydrogen-bond donors (Lipinski definition) is 2. The molecule has 4 heteroatoms. The third-order valence-electron chi connectivity index (χ3n) is 2.11. The second kappa shape index (κ2) is 7.12. The first-order valence-electron chi connectivity index (χ1n) is 5.23. The zero-order valence-corrected chi connectivity index (χ0v) is 10.3. The highest BCUT2D eigenvalue weighted by atomic mass is 35.5. The summed E-state index contributed by atoms with van der Waals surface area (Å²) in [6.07, 6.45) is 0. The molecule has 0 spiro atoms. The summed E-state index contributed by atoms with van der Waals surface area (Å²) < 4.78 is 0. The molecule has 0 fully saturated rings. The summed E-state index contributed by atoms with van der Waals surface area (Å²) in [6.45, 7) is 2.04. The lowest BCUT2D eigenvalue weighted by atomic mass is 9.81. The van der Waals surface area contributed by atoms with Crippen LogP contribution >= 0.6 is 11.6 Å². The molecule has 2 nitrogen and oxygen atoms in total. The molecule has 0 saturated carbocycles. The molecule has 88 valence electrons. The fraction of sp³-hybridized carbons (Fsp3) is 0.0769. The van der Waals surface area contributed by atoms with E-state index in [-0.39, 0.29) is 0 Å². The summed E-state index contributed by atoms with van der Waals surface area (Å²) >= 11 is 5.61. The van der Waals surface area contributed by atoms with Crippen LogP contribution in [0.25, 0.3) is 0 Å². The average molecular weight is 249 g/mol. The molecule has 0 radical (unpaired) electrons. The largest absolute Gasteiger partial charge is 0.488 e. The van der Waals surface area contributed by atoms with Crippen LogP contribution in [0.4, 0.5) is 0 Å². The standard InChI is InChI=1S/C7H7Cl.C6H7BO2/c1-6-2-4-7(8)5-3-6;8-7(9)6-4-2-1-3-5-6/h2-5H,1H3;1-5,8-9H. The summed E-state index contributed by atoms with van der Waals surface area (Å²) in [4.78, 5) is 0. The second-order valence-electron chi connectivity index (χ2n) is 3.58. The van der Waals surface area contributed by atoms with Gasteiger partial charge in [-0.1, -0.05) is 59.6 Å². The maximum atomic E-state index is 8.58. The van der Waals surface area contributed by atoms with Crippen molar-refractivity contribution >= 4 is 24.2 Å². The summed E-state index contributed by atoms with van der Waals surface area (Å²) in [7, 11) is -1.34. The Balaban J connectivity index is 0.000000171. The molecule has 17 heavy (non-hydrogen) atoms. The van der Waals surface area contributed by atoms with E-state index < -0.39 is 7.12 Å². The van der Waals surface area contributed by atoms with Gasteiger partial charge in [-0.2, -0.15) is 0 Å². The zero-order valence-electron chi connectivity index (χ0n) is 9.55. The van der Waals surface area contributed by atoms with Crippen LogP contribution in [0.2, 0.25) is 5.02 Å². The Kier molecular flexibility index (Phi) is 5.77. The Morgan fingerprint density at radius 1 is 0.882 bits per heavy atom. The van der Waals surface area contributed by atoms with Gasteiger partial charge in [0.1, 0.15) is 0 Å². The van der Waals surface area contributed by atoms with Gasteiger partial charge in [-0.05, 0) is 24.5 Å². The molecule has 2 aromatic rings. The van der Waals surface area contributed by atoms with Gasteiger partial charge in [-0.3, -0.25) is 0 Å². The SMILES string of the molecule is Cc1ccc(Cl)cc1.OB(O)c1ccccc1. The molecule has 0 amide bonds. The molecule has 2 aromatic carbocycles. The van der Waals surface area contributed by atoms with Crippen LogP contribution in [0.3, 0.4) is 0 Å². The highest BCUT2D eigenvalue weighted by molar-refractivity contribution is 6.58. The predicted molar refractivity (Wildman–Crippen MR) is 72.5 cm³/mol. The molecule has 2 rings (SSSR count). The first-order valence-corrected chi connectivity index (χ1v) is 5.60. The normalized spacial score (nSPS) is 9.18. The van der Waals surface area contributed by atoms with E-state index in [1.807, 2.05) is 37.3 Å². The fourth-order valence-corrected chi connectivity index (χ4v) is 1.28. The van der Waals surface area contributed by atoms with Gasteiger partial charge in [0.05, 0.1) is 0 Å². The monoisotopic (exact) mass is 248 g/mol. The first-order chi connectivity index (χ1) is 8.09. The van der Waals surface area contributed by atoms with Crippen molar-refractivity contribution in [3.8, 4) is 0 Å². The molecule has 0 unspecified atom stereocenters. The number of hydrogen-bond acceptors (Lipinski definition) is 2. The molecule has 0 saturated heterocycles. The van der Waals surface area contributed by atoms with Crippen molar-refractivity contribution in [2.45, 2.75) is 6.92 Å². The van der Waals surface area contributed by atoms with E-state index in [0.717, 1.165) is 5.02 Å². The Morgan fingerprint density at radius 3 is 1.76 bits per heavy atom. The number of rotatable bonds is 1. The van der Waals surface area contributed by atoms with E-state index in [9.17, 15) is 0 Å². The molecule has 2 N–H and O–H groups in total. The van der Waals surface area contributed by atoms with Gasteiger partial charge in [-0.25, -0.2) is 0 Å². The topological polar surface area (TPSA) is 40.5 Å². The number of halogens is 1. The molecular weight excluding hydrogens is 234 g/mol. The summed E-state index contributed by atoms with van der Waals surface area (Å²) in [6, 6.07) is 16.4. The lowest BCUT2D eigenvalue weighted by Gasteiger charge is -1.94. The number of benzene rings is 2. The minimum atomic E-state index is -1.34. The van der Waals surface area contributed by atoms with Gasteiger partial charge in [-0.15, -0.1) is 0 Å². The number of aryl methyl sites for hydroxylation is 1. The van der Waals surface area contributed by atoms with Crippen molar-refractivity contribution < 1.29 is 10.0 Å². The van der Waals surface area contributed by atoms with E-state index in [0.29, 0.717) is 5.46 Å². The molecule has 0 aliphatic rings. The van der Waals surface area contributed by atoms with Gasteiger partial charge in [0, 0.05) is 5.02 Å². The third kappa shape index (κ3) is 5.54. The zero-order chi connectivity index (χ0) is 12.7. The molecule has 0 bridgehead atoms. The Hall–Kier alpha value is -1.29. The van der Waals surface area contributed by atoms with Crippen molar-refractivity contribution in [1.29, 1.82) is 0 Å².